The number of aliphatic imine (C=N–C) groups is 2. The molecule has 6 aromatic heterocycles. The average molecular weight is 1420 g/mol. The van der Waals surface area contributed by atoms with Crippen molar-refractivity contribution in [3.8, 4) is 0 Å². The first-order valence-electron chi connectivity index (χ1n) is 27.1. The number of ether oxygens (including phenoxy) is 2. The second kappa shape index (κ2) is 28.0. The number of hydrogen-bond donors (Lipinski definition) is 14. The van der Waals surface area contributed by atoms with Crippen LogP contribution in [0.3, 0.4) is 0 Å². The number of phosphoric ester groups is 4. The molecule has 6 aliphatic heterocycles. The number of nitrogen functional groups attached to an aromatic ring is 3. The van der Waals surface area contributed by atoms with Gasteiger partial charge in [0.1, 0.15) is 97.2 Å². The number of aromatic amines is 2. The van der Waals surface area contributed by atoms with E-state index in [1.54, 1.807) is 34.0 Å². The van der Waals surface area contributed by atoms with E-state index in [4.69, 9.17) is 68.6 Å². The van der Waals surface area contributed by atoms with Crippen LogP contribution in [0, 0.1) is 17.8 Å². The maximum absolute atomic E-state index is 13.1. The summed E-state index contributed by atoms with van der Waals surface area (Å²) in [6.07, 6.45) is -9.47. The first-order chi connectivity index (χ1) is 42.6. The molecule has 22 N–H and O–H groups in total. The summed E-state index contributed by atoms with van der Waals surface area (Å²) in [5.41, 5.74) is 21.6. The van der Waals surface area contributed by atoms with Gasteiger partial charge in [0.2, 0.25) is 11.9 Å². The van der Waals surface area contributed by atoms with Crippen LogP contribution in [0.15, 0.2) is 63.1 Å². The smallest absolute Gasteiger partial charge is 1.00 e. The van der Waals surface area contributed by atoms with Crippen LogP contribution in [0.1, 0.15) is 34.2 Å². The zero-order valence-corrected chi connectivity index (χ0v) is 56.7. The maximum atomic E-state index is 13.1. The van der Waals surface area contributed by atoms with Crippen molar-refractivity contribution >= 4 is 94.5 Å². The van der Waals surface area contributed by atoms with E-state index in [1.807, 2.05) is 0 Å². The maximum Gasteiger partial charge on any atom is 1.00 e. The number of imidazole rings is 2. The van der Waals surface area contributed by atoms with Gasteiger partial charge >= 0.3 is 74.8 Å². The van der Waals surface area contributed by atoms with Crippen molar-refractivity contribution in [3.05, 3.63) is 64.2 Å². The van der Waals surface area contributed by atoms with Gasteiger partial charge in [-0.3, -0.25) is 55.9 Å². The quantitative estimate of drug-likeness (QED) is 0.0576. The molecule has 50 heteroatoms. The molecule has 6 aromatic rings. The van der Waals surface area contributed by atoms with E-state index in [9.17, 15) is 67.8 Å². The molecule has 2 aliphatic carbocycles. The van der Waals surface area contributed by atoms with Crippen LogP contribution >= 0.6 is 31.3 Å². The minimum absolute atomic E-state index is 0. The monoisotopic (exact) mass is 1420 g/mol. The Morgan fingerprint density at radius 3 is 1.62 bits per heavy atom. The number of rotatable bonds is 4. The van der Waals surface area contributed by atoms with Gasteiger partial charge in [-0.15, -0.1) is 0 Å². The normalized spacial score (nSPS) is 38.8. The van der Waals surface area contributed by atoms with E-state index in [1.165, 1.54) is 12.7 Å². The molecular weight excluding hydrogens is 1360 g/mol. The van der Waals surface area contributed by atoms with Crippen molar-refractivity contribution in [3.63, 3.8) is 0 Å². The summed E-state index contributed by atoms with van der Waals surface area (Å²) in [5.74, 6) is -2.36. The zero-order chi connectivity index (χ0) is 63.7. The Hall–Kier alpha value is -4.48. The van der Waals surface area contributed by atoms with Gasteiger partial charge in [-0.2, -0.15) is 9.97 Å². The minimum Gasteiger partial charge on any atom is -1.00 e. The van der Waals surface area contributed by atoms with Crippen molar-refractivity contribution in [2.75, 3.05) is 43.6 Å². The van der Waals surface area contributed by atoms with E-state index in [2.05, 4.69) is 49.9 Å². The van der Waals surface area contributed by atoms with Gasteiger partial charge in [0, 0.05) is 18.0 Å². The number of nitrogens with two attached hydrogens (primary N) is 4. The van der Waals surface area contributed by atoms with Gasteiger partial charge in [0.25, 0.3) is 26.8 Å². The Balaban J connectivity index is 0.000000255. The van der Waals surface area contributed by atoms with E-state index < -0.39 is 172 Å². The number of aromatic nitrogens is 11. The van der Waals surface area contributed by atoms with Crippen molar-refractivity contribution in [2.45, 2.75) is 105 Å². The van der Waals surface area contributed by atoms with E-state index >= 15 is 0 Å². The van der Waals surface area contributed by atoms with Crippen molar-refractivity contribution in [2.24, 2.45) is 33.5 Å². The number of nitrogens with one attached hydrogen (secondary N) is 2. The van der Waals surface area contributed by atoms with Gasteiger partial charge in [0.05, 0.1) is 62.5 Å². The first-order valence-corrected chi connectivity index (χ1v) is 33.0. The Labute approximate surface area is 573 Å². The SMILES string of the molecule is N.N.NC1=NC=NC2C1C=CN2C1CC2COP(=O)([O-])OC3C(O)C(COP(=O)(O)OC2C1O)OC3n1cnc2c(=O)[nH]c(N)nc21.Nc1nc2c(ncn2C2OC3COP(=O)(O)OC4C(COP(=O)([O-])OC2C3O)CC(n2ccc3c(N)ncnc32)C4O)c(=O)[nH]1.[H-].[H-].[Na+].[Na+]. The fraction of sp³-hybridized carbons (Fsp3) is 0.545. The molecule has 0 aromatic carbocycles. The summed E-state index contributed by atoms with van der Waals surface area (Å²) in [4.78, 5) is 111. The molecule has 4 saturated heterocycles. The minimum atomic E-state index is -5.27. The number of aliphatic hydroxyl groups excluding tert-OH is 4. The molecule has 22 unspecified atom stereocenters. The predicted molar refractivity (Wildman–Crippen MR) is 307 cm³/mol. The number of hydrogen-bond acceptors (Lipinski definition) is 37. The summed E-state index contributed by atoms with van der Waals surface area (Å²) >= 11 is 0. The summed E-state index contributed by atoms with van der Waals surface area (Å²) in [6.45, 7) is -2.86. The number of aliphatic hydroxyl groups is 4. The van der Waals surface area contributed by atoms with E-state index in [0.717, 1.165) is 21.8 Å². The molecule has 0 spiro atoms. The third-order valence-corrected chi connectivity index (χ3v) is 20.3. The summed E-state index contributed by atoms with van der Waals surface area (Å²) in [5, 5.41) is 45.1. The molecular formula is C44H62N20Na2O24P4-2. The standard InChI is InChI=1S/C22H29N9O12P2.C22H27N9O12P2.2H3N.2Na.2H/c2*23-17-9-1-2-30(18(9)26-6-25-17)10-3-8-4-39-44(35,36)43-16-14(33)11(5-40-45(37,38)42-15(8)13(10)32)41-21(16)31-7-27-12-19(31)28-22(24)29-20(12)34;;;;;;/h1-2,6-11,13-16,18,21,32-33H,3-5H2,(H,35,36)(H,37,38)(H2,23,25,26)(H3,24,28,29,34);1-2,6-8,10-11,13-16,21,32-33H,3-5H2,(H,35,36)(H,37,38)(H2,23,25,26)(H3,24,28,29,34);2*1H3;;;;/q;;;;2*+1;2*-1/p-2. The summed E-state index contributed by atoms with van der Waals surface area (Å²) in [6, 6.07) is 0.0451. The van der Waals surface area contributed by atoms with Crippen molar-refractivity contribution < 1.29 is 166 Å². The Kier molecular flexibility index (Phi) is 22.0. The first kappa shape index (κ1) is 73.8. The predicted octanol–water partition coefficient (Wildman–Crippen LogP) is -9.88. The van der Waals surface area contributed by atoms with Crippen molar-refractivity contribution in [1.82, 2.24) is 70.8 Å². The van der Waals surface area contributed by atoms with E-state index in [0.29, 0.717) is 16.9 Å². The van der Waals surface area contributed by atoms with Crippen LogP contribution in [0.25, 0.3) is 33.4 Å². The van der Waals surface area contributed by atoms with Crippen LogP contribution in [-0.4, -0.2) is 201 Å². The number of H-pyrrole nitrogens is 2. The number of nitrogens with zero attached hydrogens (tertiary/aromatic N) is 12. The zero-order valence-electron chi connectivity index (χ0n) is 51.2. The second-order valence-corrected chi connectivity index (χ2v) is 27.4. The third-order valence-electron chi connectivity index (χ3n) is 16.4. The molecule has 6 fully saturated rings. The summed E-state index contributed by atoms with van der Waals surface area (Å²) < 4.78 is 110. The summed E-state index contributed by atoms with van der Waals surface area (Å²) in [7, 11) is -20.5. The van der Waals surface area contributed by atoms with Crippen molar-refractivity contribution in [1.29, 1.82) is 0 Å². The van der Waals surface area contributed by atoms with E-state index in [-0.39, 0.29) is 133 Å². The van der Waals surface area contributed by atoms with Gasteiger partial charge < -0.3 is 115 Å². The average Bonchev–Trinajstić information content (AvgIpc) is 1.64. The Morgan fingerprint density at radius 1 is 0.617 bits per heavy atom. The van der Waals surface area contributed by atoms with Crippen LogP contribution in [0.4, 0.5) is 17.7 Å². The van der Waals surface area contributed by atoms with Gasteiger partial charge in [0.15, 0.2) is 34.8 Å². The van der Waals surface area contributed by atoms with Gasteiger partial charge in [-0.25, -0.2) is 39.1 Å². The fourth-order valence-corrected chi connectivity index (χ4v) is 16.2. The third kappa shape index (κ3) is 14.1. The molecule has 22 atom stereocenters. The molecule has 94 heavy (non-hydrogen) atoms. The molecule has 506 valence electrons. The van der Waals surface area contributed by atoms with Crippen LogP contribution in [0.2, 0.25) is 0 Å². The topological polar surface area (TPSA) is 688 Å². The molecule has 4 bridgehead atoms. The number of fused-ring (bicyclic) bond motifs is 10. The van der Waals surface area contributed by atoms with Crippen LogP contribution in [0.5, 0.6) is 0 Å². The van der Waals surface area contributed by atoms with Gasteiger partial charge in [-0.1, -0.05) is 6.08 Å². The fourth-order valence-electron chi connectivity index (χ4n) is 12.2. The Bertz CT molecular complexity index is 4240. The number of amidine groups is 1. The second-order valence-electron chi connectivity index (χ2n) is 21.8. The number of phosphoric acid groups is 4. The molecule has 8 aliphatic rings. The molecule has 0 radical (unpaired) electrons. The molecule has 0 amide bonds. The largest absolute Gasteiger partial charge is 1.00 e. The molecule has 2 saturated carbocycles. The Morgan fingerprint density at radius 2 is 1.11 bits per heavy atom. The molecule has 44 nitrogen and oxygen atoms in total. The van der Waals surface area contributed by atoms with Crippen LogP contribution in [-0.2, 0) is 63.9 Å². The molecule has 14 rings (SSSR count). The molecule has 12 heterocycles. The number of anilines is 3. The van der Waals surface area contributed by atoms with Crippen LogP contribution < -0.4 is 115 Å². The van der Waals surface area contributed by atoms with Gasteiger partial charge in [-0.05, 0) is 25.1 Å².